The molecular formula is C45H38O6S2. The zero-order valence-corrected chi connectivity index (χ0v) is 30.6. The molecule has 6 aromatic carbocycles. The fourth-order valence-electron chi connectivity index (χ4n) is 7.43. The van der Waals surface area contributed by atoms with E-state index in [1.807, 2.05) is 133 Å². The van der Waals surface area contributed by atoms with Crippen LogP contribution in [0.3, 0.4) is 0 Å². The Hall–Kier alpha value is -5.44. The van der Waals surface area contributed by atoms with Gasteiger partial charge in [-0.3, -0.25) is 9.59 Å². The molecular weight excluding hydrogens is 701 g/mol. The molecule has 0 bridgehead atoms. The van der Waals surface area contributed by atoms with Crippen molar-refractivity contribution in [3.8, 4) is 22.6 Å². The maximum Gasteiger partial charge on any atom is 0.324 e. The maximum absolute atomic E-state index is 12.7. The van der Waals surface area contributed by atoms with Crippen molar-refractivity contribution < 1.29 is 29.3 Å². The van der Waals surface area contributed by atoms with Gasteiger partial charge in [-0.2, -0.15) is 25.3 Å². The van der Waals surface area contributed by atoms with E-state index in [-0.39, 0.29) is 26.1 Å². The lowest BCUT2D eigenvalue weighted by Gasteiger charge is -2.35. The van der Waals surface area contributed by atoms with Crippen LogP contribution in [0, 0.1) is 0 Å². The van der Waals surface area contributed by atoms with Crippen LogP contribution in [0.25, 0.3) is 11.1 Å². The van der Waals surface area contributed by atoms with Gasteiger partial charge in [-0.1, -0.05) is 133 Å². The Kier molecular flexibility index (Phi) is 10.1. The van der Waals surface area contributed by atoms with Gasteiger partial charge in [-0.15, -0.1) is 0 Å². The average Bonchev–Trinajstić information content (AvgIpc) is 3.49. The Balaban J connectivity index is 1.27. The van der Waals surface area contributed by atoms with Crippen LogP contribution in [0.5, 0.6) is 11.5 Å². The first kappa shape index (κ1) is 35.9. The quantitative estimate of drug-likeness (QED) is 0.0832. The smallest absolute Gasteiger partial charge is 0.324 e. The van der Waals surface area contributed by atoms with Gasteiger partial charge in [0, 0.05) is 12.8 Å². The lowest BCUT2D eigenvalue weighted by Crippen LogP contribution is -2.33. The fraction of sp³-hybridized carbons (Fsp3) is 0.156. The Bertz CT molecular complexity index is 2060. The van der Waals surface area contributed by atoms with E-state index in [2.05, 4.69) is 24.3 Å². The molecule has 0 saturated heterocycles. The molecule has 0 spiro atoms. The summed E-state index contributed by atoms with van der Waals surface area (Å²) in [6.45, 7) is 0.333. The highest BCUT2D eigenvalue weighted by molar-refractivity contribution is 7.82. The third-order valence-electron chi connectivity index (χ3n) is 10.2. The van der Waals surface area contributed by atoms with E-state index in [1.54, 1.807) is 0 Å². The molecule has 1 aliphatic carbocycles. The number of benzene rings is 6. The molecule has 0 aromatic heterocycles. The van der Waals surface area contributed by atoms with Crippen LogP contribution < -0.4 is 9.47 Å². The number of hydrogen-bond acceptors (Lipinski definition) is 6. The number of rotatable bonds is 14. The van der Waals surface area contributed by atoms with Crippen LogP contribution >= 0.6 is 25.3 Å². The number of carbonyl (C=O) groups is 2. The number of carboxylic acid groups (broad SMARTS) is 2. The standard InChI is InChI=1S/C45H38O6S2/c46-41(47)43(52,27-29-50-35-11-3-1-4-12-35)31-19-23-33(24-20-31)45(39-17-9-7-15-37(39)38-16-8-10-18-40(38)45)34-25-21-32(22-26-34)44(53,42(48)49)28-30-51-36-13-5-2-6-14-36/h1-26,52-53H,27-30H2,(H,46,47)(H,48,49). The van der Waals surface area contributed by atoms with Gasteiger partial charge < -0.3 is 19.7 Å². The second kappa shape index (κ2) is 14.9. The van der Waals surface area contributed by atoms with E-state index in [4.69, 9.17) is 34.7 Å². The Morgan fingerprint density at radius 3 is 1.19 bits per heavy atom. The number of ether oxygens (including phenoxy) is 2. The first-order chi connectivity index (χ1) is 25.7. The third-order valence-corrected chi connectivity index (χ3v) is 11.5. The van der Waals surface area contributed by atoms with Gasteiger partial charge in [-0.05, 0) is 68.8 Å². The lowest BCUT2D eigenvalue weighted by molar-refractivity contribution is -0.141. The summed E-state index contributed by atoms with van der Waals surface area (Å²) in [5.41, 5.74) is 6.48. The molecule has 7 rings (SSSR count). The fourth-order valence-corrected chi connectivity index (χ4v) is 7.91. The molecule has 6 nitrogen and oxygen atoms in total. The molecule has 1 aliphatic rings. The number of fused-ring (bicyclic) bond motifs is 3. The van der Waals surface area contributed by atoms with Crippen LogP contribution in [-0.2, 0) is 24.5 Å². The normalized spacial score (nSPS) is 14.9. The van der Waals surface area contributed by atoms with Crippen LogP contribution in [-0.4, -0.2) is 35.4 Å². The van der Waals surface area contributed by atoms with Crippen molar-refractivity contribution in [2.75, 3.05) is 13.2 Å². The highest BCUT2D eigenvalue weighted by Crippen LogP contribution is 2.56. The van der Waals surface area contributed by atoms with Crippen molar-refractivity contribution >= 4 is 37.2 Å². The summed E-state index contributed by atoms with van der Waals surface area (Å²) in [7, 11) is 0. The van der Waals surface area contributed by atoms with Crippen molar-refractivity contribution in [3.05, 3.63) is 191 Å². The highest BCUT2D eigenvalue weighted by Gasteiger charge is 2.47. The molecule has 0 saturated carbocycles. The van der Waals surface area contributed by atoms with Crippen LogP contribution in [0.15, 0.2) is 158 Å². The largest absolute Gasteiger partial charge is 0.494 e. The summed E-state index contributed by atoms with van der Waals surface area (Å²) >= 11 is 9.46. The predicted molar refractivity (Wildman–Crippen MR) is 213 cm³/mol. The molecule has 2 N–H and O–H groups in total. The summed E-state index contributed by atoms with van der Waals surface area (Å²) < 4.78 is 8.73. The molecule has 0 amide bonds. The van der Waals surface area contributed by atoms with Crippen molar-refractivity contribution in [1.82, 2.24) is 0 Å². The van der Waals surface area contributed by atoms with Gasteiger partial charge in [-0.25, -0.2) is 0 Å². The Morgan fingerprint density at radius 1 is 0.491 bits per heavy atom. The zero-order chi connectivity index (χ0) is 37.1. The minimum atomic E-state index is -1.50. The van der Waals surface area contributed by atoms with Gasteiger partial charge in [0.05, 0.1) is 18.6 Å². The van der Waals surface area contributed by atoms with Crippen molar-refractivity contribution in [2.24, 2.45) is 0 Å². The zero-order valence-electron chi connectivity index (χ0n) is 28.8. The van der Waals surface area contributed by atoms with Gasteiger partial charge in [0.1, 0.15) is 21.0 Å². The monoisotopic (exact) mass is 738 g/mol. The van der Waals surface area contributed by atoms with Crippen molar-refractivity contribution in [1.29, 1.82) is 0 Å². The van der Waals surface area contributed by atoms with E-state index >= 15 is 0 Å². The minimum Gasteiger partial charge on any atom is -0.494 e. The van der Waals surface area contributed by atoms with Gasteiger partial charge in [0.2, 0.25) is 0 Å². The SMILES string of the molecule is O=C(O)C(S)(CCOc1ccccc1)c1ccc(C2(c3ccc(C(S)(CCOc4ccccc4)C(=O)O)cc3)c3ccccc3-c3ccccc32)cc1. The lowest BCUT2D eigenvalue weighted by atomic mass is 9.67. The summed E-state index contributed by atoms with van der Waals surface area (Å²) in [6, 6.07) is 50.4. The van der Waals surface area contributed by atoms with E-state index in [0.717, 1.165) is 33.4 Å². The maximum atomic E-state index is 12.7. The van der Waals surface area contributed by atoms with E-state index in [0.29, 0.717) is 22.6 Å². The van der Waals surface area contributed by atoms with E-state index in [1.165, 1.54) is 0 Å². The number of hydrogen-bond donors (Lipinski definition) is 4. The number of carboxylic acids is 2. The molecule has 8 heteroatoms. The molecule has 266 valence electrons. The summed E-state index contributed by atoms with van der Waals surface area (Å²) in [5.74, 6) is -0.797. The molecule has 2 atom stereocenters. The number of aliphatic carboxylic acids is 2. The summed E-state index contributed by atoms with van der Waals surface area (Å²) in [5, 5.41) is 20.8. The Labute approximate surface area is 319 Å². The van der Waals surface area contributed by atoms with Crippen LogP contribution in [0.2, 0.25) is 0 Å². The predicted octanol–water partition coefficient (Wildman–Crippen LogP) is 9.41. The topological polar surface area (TPSA) is 93.1 Å². The second-order valence-corrected chi connectivity index (χ2v) is 14.7. The van der Waals surface area contributed by atoms with Crippen molar-refractivity contribution in [3.63, 3.8) is 0 Å². The first-order valence-corrected chi connectivity index (χ1v) is 18.3. The molecule has 0 aliphatic heterocycles. The Morgan fingerprint density at radius 2 is 0.830 bits per heavy atom. The van der Waals surface area contributed by atoms with E-state index < -0.39 is 26.8 Å². The highest BCUT2D eigenvalue weighted by atomic mass is 32.1. The molecule has 0 radical (unpaired) electrons. The van der Waals surface area contributed by atoms with Crippen LogP contribution in [0.4, 0.5) is 0 Å². The van der Waals surface area contributed by atoms with Gasteiger partial charge >= 0.3 is 11.9 Å². The number of thiol groups is 2. The van der Waals surface area contributed by atoms with Crippen LogP contribution in [0.1, 0.15) is 46.2 Å². The molecule has 0 heterocycles. The first-order valence-electron chi connectivity index (χ1n) is 17.4. The number of para-hydroxylation sites is 2. The summed E-state index contributed by atoms with van der Waals surface area (Å²) in [6.07, 6.45) is 0.285. The van der Waals surface area contributed by atoms with Gasteiger partial charge in [0.25, 0.3) is 0 Å². The van der Waals surface area contributed by atoms with Crippen molar-refractivity contribution in [2.45, 2.75) is 27.8 Å². The minimum absolute atomic E-state index is 0.142. The molecule has 0 fully saturated rings. The summed E-state index contributed by atoms with van der Waals surface area (Å²) in [4.78, 5) is 25.5. The average molecular weight is 739 g/mol. The second-order valence-electron chi connectivity index (χ2n) is 13.1. The van der Waals surface area contributed by atoms with Gasteiger partial charge in [0.15, 0.2) is 0 Å². The molecule has 6 aromatic rings. The van der Waals surface area contributed by atoms with E-state index in [9.17, 15) is 19.8 Å². The third kappa shape index (κ3) is 6.58. The molecule has 2 unspecified atom stereocenters. The molecule has 53 heavy (non-hydrogen) atoms.